The number of carbonyl (C=O) groups excluding carboxylic acids is 1. The van der Waals surface area contributed by atoms with Crippen LogP contribution in [0.15, 0.2) is 0 Å². The van der Waals surface area contributed by atoms with Gasteiger partial charge >= 0.3 is 5.97 Å². The number of rotatable bonds is 3. The highest BCUT2D eigenvalue weighted by Crippen LogP contribution is 2.09. The second-order valence-electron chi connectivity index (χ2n) is 3.67. The van der Waals surface area contributed by atoms with Gasteiger partial charge in [0, 0.05) is 12.1 Å². The molecular formula is C9H18N2O2. The second kappa shape index (κ2) is 4.58. The zero-order chi connectivity index (χ0) is 9.84. The zero-order valence-electron chi connectivity index (χ0n) is 8.46. The van der Waals surface area contributed by atoms with Crippen molar-refractivity contribution in [1.29, 1.82) is 0 Å². The highest BCUT2D eigenvalue weighted by atomic mass is 16.5. The molecule has 2 N–H and O–H groups in total. The van der Waals surface area contributed by atoms with Crippen molar-refractivity contribution >= 4 is 5.97 Å². The molecule has 0 aromatic carbocycles. The highest BCUT2D eigenvalue weighted by Gasteiger charge is 2.33. The molecule has 1 aliphatic heterocycles. The molecule has 1 heterocycles. The van der Waals surface area contributed by atoms with Gasteiger partial charge in [0.25, 0.3) is 0 Å². The van der Waals surface area contributed by atoms with Gasteiger partial charge in [-0.05, 0) is 13.0 Å². The first-order chi connectivity index (χ1) is 6.15. The molecule has 2 atom stereocenters. The molecule has 0 bridgehead atoms. The Bertz CT molecular complexity index is 182. The van der Waals surface area contributed by atoms with Gasteiger partial charge in [0.05, 0.1) is 7.11 Å². The van der Waals surface area contributed by atoms with E-state index in [1.54, 1.807) is 0 Å². The van der Waals surface area contributed by atoms with E-state index in [1.165, 1.54) is 7.11 Å². The summed E-state index contributed by atoms with van der Waals surface area (Å²) < 4.78 is 4.70. The molecular weight excluding hydrogens is 168 g/mol. The Balaban J connectivity index is 2.48. The number of hydrogen-bond acceptors (Lipinski definition) is 4. The van der Waals surface area contributed by atoms with E-state index < -0.39 is 0 Å². The maximum Gasteiger partial charge on any atom is 0.324 e. The van der Waals surface area contributed by atoms with Gasteiger partial charge in [0.2, 0.25) is 0 Å². The van der Waals surface area contributed by atoms with Crippen LogP contribution in [0, 0.1) is 0 Å². The molecule has 4 heteroatoms. The maximum absolute atomic E-state index is 11.3. The number of ether oxygens (including phenoxy) is 1. The van der Waals surface area contributed by atoms with Crippen molar-refractivity contribution in [3.8, 4) is 0 Å². The second-order valence-corrected chi connectivity index (χ2v) is 3.67. The van der Waals surface area contributed by atoms with Crippen molar-refractivity contribution < 1.29 is 9.53 Å². The molecule has 1 fully saturated rings. The molecule has 1 rings (SSSR count). The molecule has 0 unspecified atom stereocenters. The number of nitrogens with one attached hydrogen (secondary N) is 2. The van der Waals surface area contributed by atoms with Crippen LogP contribution in [-0.2, 0) is 9.53 Å². The van der Waals surface area contributed by atoms with E-state index in [0.717, 1.165) is 13.0 Å². The smallest absolute Gasteiger partial charge is 0.324 e. The van der Waals surface area contributed by atoms with E-state index in [4.69, 9.17) is 4.74 Å². The lowest BCUT2D eigenvalue weighted by atomic mass is 10.1. The summed E-state index contributed by atoms with van der Waals surface area (Å²) >= 11 is 0. The van der Waals surface area contributed by atoms with E-state index in [0.29, 0.717) is 6.04 Å². The van der Waals surface area contributed by atoms with Crippen LogP contribution in [0.2, 0.25) is 0 Å². The molecule has 4 nitrogen and oxygen atoms in total. The Morgan fingerprint density at radius 1 is 1.62 bits per heavy atom. The molecule has 0 spiro atoms. The van der Waals surface area contributed by atoms with Gasteiger partial charge in [-0.3, -0.25) is 4.79 Å². The monoisotopic (exact) mass is 186 g/mol. The third kappa shape index (κ3) is 2.67. The SMILES string of the molecule is COC(=O)[C@H]1NCC[C@H]1NC(C)C. The fraction of sp³-hybridized carbons (Fsp3) is 0.889. The molecule has 0 amide bonds. The van der Waals surface area contributed by atoms with Crippen LogP contribution < -0.4 is 10.6 Å². The van der Waals surface area contributed by atoms with Crippen molar-refractivity contribution in [2.24, 2.45) is 0 Å². The van der Waals surface area contributed by atoms with E-state index in [9.17, 15) is 4.79 Å². The van der Waals surface area contributed by atoms with Gasteiger partial charge in [-0.25, -0.2) is 0 Å². The van der Waals surface area contributed by atoms with Crippen molar-refractivity contribution in [1.82, 2.24) is 10.6 Å². The largest absolute Gasteiger partial charge is 0.468 e. The Hall–Kier alpha value is -0.610. The lowest BCUT2D eigenvalue weighted by molar-refractivity contribution is -0.143. The van der Waals surface area contributed by atoms with Gasteiger partial charge < -0.3 is 15.4 Å². The molecule has 0 radical (unpaired) electrons. The summed E-state index contributed by atoms with van der Waals surface area (Å²) in [6, 6.07) is 0.442. The van der Waals surface area contributed by atoms with Crippen LogP contribution in [0.1, 0.15) is 20.3 Å². The minimum Gasteiger partial charge on any atom is -0.468 e. The van der Waals surface area contributed by atoms with E-state index in [-0.39, 0.29) is 18.1 Å². The van der Waals surface area contributed by atoms with Crippen molar-refractivity contribution in [2.75, 3.05) is 13.7 Å². The van der Waals surface area contributed by atoms with E-state index in [1.807, 2.05) is 0 Å². The Kier molecular flexibility index (Phi) is 3.69. The predicted octanol–water partition coefficient (Wildman–Crippen LogP) is -0.112. The minimum absolute atomic E-state index is 0.171. The van der Waals surface area contributed by atoms with Crippen molar-refractivity contribution in [3.63, 3.8) is 0 Å². The van der Waals surface area contributed by atoms with Crippen LogP contribution in [0.3, 0.4) is 0 Å². The van der Waals surface area contributed by atoms with Crippen molar-refractivity contribution in [3.05, 3.63) is 0 Å². The number of esters is 1. The third-order valence-electron chi connectivity index (χ3n) is 2.22. The summed E-state index contributed by atoms with van der Waals surface area (Å²) in [4.78, 5) is 11.3. The van der Waals surface area contributed by atoms with Gasteiger partial charge in [-0.15, -0.1) is 0 Å². The summed E-state index contributed by atoms with van der Waals surface area (Å²) in [7, 11) is 1.43. The Morgan fingerprint density at radius 3 is 2.85 bits per heavy atom. The normalized spacial score (nSPS) is 28.0. The average Bonchev–Trinajstić information content (AvgIpc) is 2.50. The molecule has 0 aromatic rings. The summed E-state index contributed by atoms with van der Waals surface area (Å²) in [6.45, 7) is 5.03. The molecule has 1 saturated heterocycles. The van der Waals surface area contributed by atoms with E-state index >= 15 is 0 Å². The Labute approximate surface area is 79.0 Å². The molecule has 13 heavy (non-hydrogen) atoms. The standard InChI is InChI=1S/C9H18N2O2/c1-6(2)11-7-4-5-10-8(7)9(12)13-3/h6-8,10-11H,4-5H2,1-3H3/t7-,8+/m1/s1. The molecule has 1 aliphatic rings. The number of methoxy groups -OCH3 is 1. The van der Waals surface area contributed by atoms with E-state index in [2.05, 4.69) is 24.5 Å². The van der Waals surface area contributed by atoms with Gasteiger partial charge in [-0.2, -0.15) is 0 Å². The van der Waals surface area contributed by atoms with Crippen LogP contribution in [0.5, 0.6) is 0 Å². The fourth-order valence-electron chi connectivity index (χ4n) is 1.69. The first kappa shape index (κ1) is 10.5. The summed E-state index contributed by atoms with van der Waals surface area (Å²) in [6.07, 6.45) is 0.984. The van der Waals surface area contributed by atoms with Gasteiger partial charge in [-0.1, -0.05) is 13.8 Å². The predicted molar refractivity (Wildman–Crippen MR) is 50.5 cm³/mol. The maximum atomic E-state index is 11.3. The number of carbonyl (C=O) groups is 1. The molecule has 0 aromatic heterocycles. The lowest BCUT2D eigenvalue weighted by Gasteiger charge is -2.20. The first-order valence-corrected chi connectivity index (χ1v) is 4.72. The molecule has 0 aliphatic carbocycles. The fourth-order valence-corrected chi connectivity index (χ4v) is 1.69. The Morgan fingerprint density at radius 2 is 2.31 bits per heavy atom. The summed E-state index contributed by atoms with van der Waals surface area (Å²) in [5, 5.41) is 6.47. The molecule has 0 saturated carbocycles. The van der Waals surface area contributed by atoms with Crippen LogP contribution >= 0.6 is 0 Å². The van der Waals surface area contributed by atoms with Gasteiger partial charge in [0.1, 0.15) is 6.04 Å². The third-order valence-corrected chi connectivity index (χ3v) is 2.22. The summed E-state index contributed by atoms with van der Waals surface area (Å²) in [5.74, 6) is -0.171. The molecule has 76 valence electrons. The number of hydrogen-bond donors (Lipinski definition) is 2. The first-order valence-electron chi connectivity index (χ1n) is 4.72. The van der Waals surface area contributed by atoms with Crippen LogP contribution in [-0.4, -0.2) is 37.7 Å². The summed E-state index contributed by atoms with van der Waals surface area (Å²) in [5.41, 5.74) is 0. The van der Waals surface area contributed by atoms with Crippen LogP contribution in [0.25, 0.3) is 0 Å². The minimum atomic E-state index is -0.174. The van der Waals surface area contributed by atoms with Crippen LogP contribution in [0.4, 0.5) is 0 Å². The van der Waals surface area contributed by atoms with Crippen molar-refractivity contribution in [2.45, 2.75) is 38.4 Å². The highest BCUT2D eigenvalue weighted by molar-refractivity contribution is 5.77. The topological polar surface area (TPSA) is 50.4 Å². The zero-order valence-corrected chi connectivity index (χ0v) is 8.46. The van der Waals surface area contributed by atoms with Gasteiger partial charge in [0.15, 0.2) is 0 Å². The average molecular weight is 186 g/mol. The lowest BCUT2D eigenvalue weighted by Crippen LogP contribution is -2.48. The quantitative estimate of drug-likeness (QED) is 0.604.